The Bertz CT molecular complexity index is 779. The van der Waals surface area contributed by atoms with Gasteiger partial charge in [0.2, 0.25) is 11.8 Å². The predicted molar refractivity (Wildman–Crippen MR) is 102 cm³/mol. The topological polar surface area (TPSA) is 58.2 Å². The molecular formula is C17H15IN2O2S. The van der Waals surface area contributed by atoms with E-state index in [9.17, 15) is 9.59 Å². The second-order valence-corrected chi connectivity index (χ2v) is 7.79. The molecule has 0 aromatic heterocycles. The third kappa shape index (κ3) is 3.87. The van der Waals surface area contributed by atoms with Gasteiger partial charge in [0, 0.05) is 20.6 Å². The first-order chi connectivity index (χ1) is 11.0. The zero-order valence-corrected chi connectivity index (χ0v) is 15.4. The number of carbonyl (C=O) groups excluding carboxylic acids is 2. The van der Waals surface area contributed by atoms with Gasteiger partial charge in [0.25, 0.3) is 0 Å². The molecular weight excluding hydrogens is 423 g/mol. The Labute approximate surface area is 152 Å². The lowest BCUT2D eigenvalue weighted by atomic mass is 10.2. The van der Waals surface area contributed by atoms with Crippen molar-refractivity contribution in [1.82, 2.24) is 0 Å². The van der Waals surface area contributed by atoms with Gasteiger partial charge in [-0.3, -0.25) is 9.59 Å². The molecule has 0 fully saturated rings. The largest absolute Gasteiger partial charge is 0.326 e. The van der Waals surface area contributed by atoms with Gasteiger partial charge in [0.05, 0.1) is 10.9 Å². The van der Waals surface area contributed by atoms with Crippen LogP contribution in [0.15, 0.2) is 47.4 Å². The van der Waals surface area contributed by atoms with E-state index in [0.29, 0.717) is 0 Å². The number of fused-ring (bicyclic) bond motifs is 1. The number of rotatable bonds is 3. The number of para-hydroxylation sites is 1. The molecule has 0 bridgehead atoms. The number of benzene rings is 2. The van der Waals surface area contributed by atoms with Gasteiger partial charge < -0.3 is 10.6 Å². The van der Waals surface area contributed by atoms with Crippen LogP contribution >= 0.6 is 34.4 Å². The maximum Gasteiger partial charge on any atom is 0.238 e. The zero-order chi connectivity index (χ0) is 16.4. The van der Waals surface area contributed by atoms with Gasteiger partial charge in [-0.1, -0.05) is 12.1 Å². The van der Waals surface area contributed by atoms with Gasteiger partial charge in [-0.25, -0.2) is 0 Å². The lowest BCUT2D eigenvalue weighted by Gasteiger charge is -2.23. The Morgan fingerprint density at radius 1 is 1.30 bits per heavy atom. The first-order valence-electron chi connectivity index (χ1n) is 7.15. The van der Waals surface area contributed by atoms with Gasteiger partial charge in [-0.05, 0) is 65.4 Å². The van der Waals surface area contributed by atoms with Crippen LogP contribution in [0.1, 0.15) is 12.0 Å². The Balaban J connectivity index is 1.67. The highest BCUT2D eigenvalue weighted by Crippen LogP contribution is 2.36. The molecule has 118 valence electrons. The van der Waals surface area contributed by atoms with E-state index >= 15 is 0 Å². The van der Waals surface area contributed by atoms with Crippen LogP contribution in [0.5, 0.6) is 0 Å². The van der Waals surface area contributed by atoms with Crippen molar-refractivity contribution < 1.29 is 9.59 Å². The van der Waals surface area contributed by atoms with E-state index in [1.165, 1.54) is 11.8 Å². The molecule has 0 radical (unpaired) electrons. The molecule has 0 spiro atoms. The Morgan fingerprint density at radius 3 is 2.87 bits per heavy atom. The third-order valence-corrected chi connectivity index (χ3v) is 5.49. The average molecular weight is 438 g/mol. The summed E-state index contributed by atoms with van der Waals surface area (Å²) >= 11 is 3.67. The van der Waals surface area contributed by atoms with Crippen LogP contribution in [-0.2, 0) is 9.59 Å². The van der Waals surface area contributed by atoms with Crippen molar-refractivity contribution in [1.29, 1.82) is 0 Å². The molecule has 3 rings (SSSR count). The predicted octanol–water partition coefficient (Wildman–Crippen LogP) is 4.04. The van der Waals surface area contributed by atoms with Gasteiger partial charge in [0.15, 0.2) is 0 Å². The van der Waals surface area contributed by atoms with Crippen LogP contribution in [0.25, 0.3) is 0 Å². The van der Waals surface area contributed by atoms with Crippen molar-refractivity contribution in [3.63, 3.8) is 0 Å². The van der Waals surface area contributed by atoms with Crippen molar-refractivity contribution in [2.24, 2.45) is 0 Å². The van der Waals surface area contributed by atoms with E-state index in [1.807, 2.05) is 49.4 Å². The maximum atomic E-state index is 12.3. The number of aryl methyl sites for hydroxylation is 1. The summed E-state index contributed by atoms with van der Waals surface area (Å²) in [5, 5.41) is 5.34. The van der Waals surface area contributed by atoms with E-state index in [1.54, 1.807) is 0 Å². The number of halogens is 1. The number of thioether (sulfide) groups is 1. The number of carbonyl (C=O) groups is 2. The summed E-state index contributed by atoms with van der Waals surface area (Å²) in [4.78, 5) is 25.4. The molecule has 2 N–H and O–H groups in total. The van der Waals surface area contributed by atoms with Crippen molar-refractivity contribution in [2.45, 2.75) is 23.5 Å². The molecule has 2 amide bonds. The highest BCUT2D eigenvalue weighted by Gasteiger charge is 2.28. The number of anilines is 2. The summed E-state index contributed by atoms with van der Waals surface area (Å²) < 4.78 is 1.12. The molecule has 0 unspecified atom stereocenters. The number of hydrogen-bond acceptors (Lipinski definition) is 3. The quantitative estimate of drug-likeness (QED) is 0.712. The Hall–Kier alpha value is -1.54. The summed E-state index contributed by atoms with van der Waals surface area (Å²) in [6.07, 6.45) is 0.149. The monoisotopic (exact) mass is 438 g/mol. The standard InChI is InChI=1S/C17H15IN2O2S/c1-10-8-11(18)6-7-12(10)19-16(21)9-15-17(22)20-13-4-2-3-5-14(13)23-15/h2-8,15H,9H2,1H3,(H,19,21)(H,20,22)/t15-/m1/s1. The van der Waals surface area contributed by atoms with Crippen LogP contribution in [-0.4, -0.2) is 17.1 Å². The van der Waals surface area contributed by atoms with E-state index in [4.69, 9.17) is 0 Å². The minimum Gasteiger partial charge on any atom is -0.326 e. The lowest BCUT2D eigenvalue weighted by Crippen LogP contribution is -2.32. The summed E-state index contributed by atoms with van der Waals surface area (Å²) in [6.45, 7) is 1.95. The summed E-state index contributed by atoms with van der Waals surface area (Å²) in [5.74, 6) is -0.274. The minimum absolute atomic E-state index is 0.122. The highest BCUT2D eigenvalue weighted by molar-refractivity contribution is 14.1. The lowest BCUT2D eigenvalue weighted by molar-refractivity contribution is -0.120. The fourth-order valence-electron chi connectivity index (χ4n) is 2.36. The molecule has 1 aliphatic heterocycles. The molecule has 23 heavy (non-hydrogen) atoms. The molecule has 6 heteroatoms. The number of nitrogens with one attached hydrogen (secondary N) is 2. The molecule has 0 aliphatic carbocycles. The number of hydrogen-bond donors (Lipinski definition) is 2. The molecule has 1 heterocycles. The summed E-state index contributed by atoms with van der Waals surface area (Å²) in [7, 11) is 0. The average Bonchev–Trinajstić information content (AvgIpc) is 2.51. The van der Waals surface area contributed by atoms with Crippen molar-refractivity contribution in [2.75, 3.05) is 10.6 Å². The molecule has 0 saturated heterocycles. The molecule has 2 aromatic carbocycles. The van der Waals surface area contributed by atoms with E-state index in [-0.39, 0.29) is 18.2 Å². The second kappa shape index (κ2) is 6.92. The van der Waals surface area contributed by atoms with Gasteiger partial charge >= 0.3 is 0 Å². The van der Waals surface area contributed by atoms with Crippen LogP contribution in [0.2, 0.25) is 0 Å². The minimum atomic E-state index is -0.408. The fraction of sp³-hybridized carbons (Fsp3) is 0.176. The van der Waals surface area contributed by atoms with Crippen LogP contribution in [0, 0.1) is 10.5 Å². The fourth-order valence-corrected chi connectivity index (χ4v) is 4.12. The van der Waals surface area contributed by atoms with Crippen LogP contribution in [0.4, 0.5) is 11.4 Å². The van der Waals surface area contributed by atoms with Crippen LogP contribution < -0.4 is 10.6 Å². The first-order valence-corrected chi connectivity index (χ1v) is 9.11. The molecule has 4 nitrogen and oxygen atoms in total. The molecule has 1 atom stereocenters. The Morgan fingerprint density at radius 2 is 2.09 bits per heavy atom. The smallest absolute Gasteiger partial charge is 0.238 e. The van der Waals surface area contributed by atoms with Gasteiger partial charge in [-0.2, -0.15) is 0 Å². The van der Waals surface area contributed by atoms with E-state index in [0.717, 1.165) is 25.4 Å². The highest BCUT2D eigenvalue weighted by atomic mass is 127. The Kier molecular flexibility index (Phi) is 4.91. The molecule has 2 aromatic rings. The van der Waals surface area contributed by atoms with Crippen LogP contribution in [0.3, 0.4) is 0 Å². The van der Waals surface area contributed by atoms with Gasteiger partial charge in [-0.15, -0.1) is 11.8 Å². The summed E-state index contributed by atoms with van der Waals surface area (Å²) in [5.41, 5.74) is 2.61. The van der Waals surface area contributed by atoms with Crippen molar-refractivity contribution in [3.05, 3.63) is 51.6 Å². The second-order valence-electron chi connectivity index (χ2n) is 5.30. The maximum absolute atomic E-state index is 12.3. The van der Waals surface area contributed by atoms with Gasteiger partial charge in [0.1, 0.15) is 0 Å². The van der Waals surface area contributed by atoms with E-state index in [2.05, 4.69) is 33.2 Å². The van der Waals surface area contributed by atoms with E-state index < -0.39 is 5.25 Å². The zero-order valence-electron chi connectivity index (χ0n) is 12.4. The third-order valence-electron chi connectivity index (χ3n) is 3.54. The molecule has 1 aliphatic rings. The normalized spacial score (nSPS) is 16.4. The molecule has 0 saturated carbocycles. The first kappa shape index (κ1) is 16.3. The van der Waals surface area contributed by atoms with Crippen molar-refractivity contribution >= 4 is 57.5 Å². The SMILES string of the molecule is Cc1cc(I)ccc1NC(=O)C[C@H]1Sc2ccccc2NC1=O. The van der Waals surface area contributed by atoms with Crippen molar-refractivity contribution in [3.8, 4) is 0 Å². The summed E-state index contributed by atoms with van der Waals surface area (Å²) in [6, 6.07) is 13.5. The number of amides is 2.